The first-order valence-corrected chi connectivity index (χ1v) is 7.91. The van der Waals surface area contributed by atoms with Gasteiger partial charge in [-0.05, 0) is 44.5 Å². The van der Waals surface area contributed by atoms with E-state index < -0.39 is 22.7 Å². The quantitative estimate of drug-likeness (QED) is 0.845. The van der Waals surface area contributed by atoms with Gasteiger partial charge in [-0.1, -0.05) is 6.92 Å². The van der Waals surface area contributed by atoms with E-state index in [0.29, 0.717) is 12.1 Å². The van der Waals surface area contributed by atoms with Crippen LogP contribution in [0.5, 0.6) is 0 Å². The summed E-state index contributed by atoms with van der Waals surface area (Å²) in [6.45, 7) is 3.74. The zero-order valence-corrected chi connectivity index (χ0v) is 13.5. The number of aromatic nitrogens is 3. The van der Waals surface area contributed by atoms with Gasteiger partial charge in [0.25, 0.3) is 5.56 Å². The minimum atomic E-state index is -4.62. The Morgan fingerprint density at radius 2 is 2.13 bits per heavy atom. The van der Waals surface area contributed by atoms with Crippen molar-refractivity contribution >= 4 is 23.3 Å². The summed E-state index contributed by atoms with van der Waals surface area (Å²) < 4.78 is 42.0. The Bertz CT molecular complexity index is 880. The lowest BCUT2D eigenvalue weighted by Crippen LogP contribution is -2.22. The average Bonchev–Trinajstić information content (AvgIpc) is 3.29. The fourth-order valence-electron chi connectivity index (χ4n) is 2.67. The van der Waals surface area contributed by atoms with Gasteiger partial charge in [-0.3, -0.25) is 14.3 Å². The molecule has 1 aliphatic carbocycles. The van der Waals surface area contributed by atoms with Crippen molar-refractivity contribution in [1.29, 1.82) is 0 Å². The Balaban J connectivity index is 2.48. The molecule has 124 valence electrons. The molecule has 2 aromatic rings. The first-order chi connectivity index (χ1) is 10.7. The normalized spacial score (nSPS) is 16.7. The standard InChI is InChI=1S/C15H16F3N3OS/c1-3-7(2)21-12-11(13(22)20-14(21)23)9(15(16,17)18)6-10(19-12)8-4-5-8/h6-8H,3-5H2,1-2H3,(H,20,22,23)/t7-/m0/s1. The highest BCUT2D eigenvalue weighted by Crippen LogP contribution is 2.42. The number of rotatable bonds is 3. The molecule has 0 aliphatic heterocycles. The number of hydrogen-bond acceptors (Lipinski definition) is 3. The number of pyridine rings is 1. The summed E-state index contributed by atoms with van der Waals surface area (Å²) in [5.74, 6) is 0.0405. The van der Waals surface area contributed by atoms with E-state index in [1.165, 1.54) is 4.57 Å². The van der Waals surface area contributed by atoms with Gasteiger partial charge in [0.1, 0.15) is 5.65 Å². The van der Waals surface area contributed by atoms with Crippen molar-refractivity contribution in [2.75, 3.05) is 0 Å². The van der Waals surface area contributed by atoms with E-state index in [0.717, 1.165) is 18.9 Å². The van der Waals surface area contributed by atoms with Gasteiger partial charge in [0.15, 0.2) is 4.77 Å². The Hall–Kier alpha value is -1.70. The first kappa shape index (κ1) is 16.2. The predicted molar refractivity (Wildman–Crippen MR) is 83.2 cm³/mol. The average molecular weight is 343 g/mol. The number of H-pyrrole nitrogens is 1. The maximum atomic E-state index is 13.5. The molecule has 3 rings (SSSR count). The molecule has 0 aromatic carbocycles. The number of fused-ring (bicyclic) bond motifs is 1. The third-order valence-electron chi connectivity index (χ3n) is 4.25. The van der Waals surface area contributed by atoms with Gasteiger partial charge in [0.05, 0.1) is 10.9 Å². The second-order valence-corrected chi connectivity index (χ2v) is 6.34. The van der Waals surface area contributed by atoms with Crippen molar-refractivity contribution in [2.24, 2.45) is 0 Å². The fourth-order valence-corrected chi connectivity index (χ4v) is 3.03. The van der Waals surface area contributed by atoms with E-state index in [-0.39, 0.29) is 22.4 Å². The summed E-state index contributed by atoms with van der Waals surface area (Å²) in [7, 11) is 0. The molecule has 1 N–H and O–H groups in total. The molecule has 0 unspecified atom stereocenters. The number of halogens is 3. The van der Waals surface area contributed by atoms with Crippen LogP contribution in [0.4, 0.5) is 13.2 Å². The highest BCUT2D eigenvalue weighted by atomic mass is 32.1. The van der Waals surface area contributed by atoms with Crippen LogP contribution in [0.15, 0.2) is 10.9 Å². The molecular formula is C15H16F3N3OS. The van der Waals surface area contributed by atoms with Crippen molar-refractivity contribution in [1.82, 2.24) is 14.5 Å². The van der Waals surface area contributed by atoms with E-state index in [9.17, 15) is 18.0 Å². The number of alkyl halides is 3. The van der Waals surface area contributed by atoms with Gasteiger partial charge in [-0.25, -0.2) is 4.98 Å². The van der Waals surface area contributed by atoms with Gasteiger partial charge < -0.3 is 0 Å². The van der Waals surface area contributed by atoms with Crippen molar-refractivity contribution < 1.29 is 13.2 Å². The summed E-state index contributed by atoms with van der Waals surface area (Å²) in [4.78, 5) is 18.9. The third-order valence-corrected chi connectivity index (χ3v) is 4.55. The molecule has 0 bridgehead atoms. The summed E-state index contributed by atoms with van der Waals surface area (Å²) in [5.41, 5.74) is -1.35. The molecule has 1 saturated carbocycles. The van der Waals surface area contributed by atoms with E-state index >= 15 is 0 Å². The van der Waals surface area contributed by atoms with Crippen LogP contribution in [0.3, 0.4) is 0 Å². The van der Waals surface area contributed by atoms with Crippen LogP contribution in [0.2, 0.25) is 0 Å². The molecule has 1 fully saturated rings. The van der Waals surface area contributed by atoms with Crippen LogP contribution in [0, 0.1) is 4.77 Å². The smallest absolute Gasteiger partial charge is 0.300 e. The molecule has 2 heterocycles. The lowest BCUT2D eigenvalue weighted by molar-refractivity contribution is -0.136. The topological polar surface area (TPSA) is 50.7 Å². The maximum absolute atomic E-state index is 13.5. The molecule has 0 saturated heterocycles. The van der Waals surface area contributed by atoms with Crippen molar-refractivity contribution in [2.45, 2.75) is 51.2 Å². The summed E-state index contributed by atoms with van der Waals surface area (Å²) >= 11 is 5.16. The molecule has 8 heteroatoms. The zero-order valence-electron chi connectivity index (χ0n) is 12.7. The summed E-state index contributed by atoms with van der Waals surface area (Å²) in [5, 5.41) is -0.434. The highest BCUT2D eigenvalue weighted by Gasteiger charge is 2.37. The molecule has 0 radical (unpaired) electrons. The Labute approximate surface area is 135 Å². The van der Waals surface area contributed by atoms with Gasteiger partial charge >= 0.3 is 6.18 Å². The minimum Gasteiger partial charge on any atom is -0.300 e. The minimum absolute atomic E-state index is 0.0322. The van der Waals surface area contributed by atoms with Crippen molar-refractivity contribution in [3.8, 4) is 0 Å². The Morgan fingerprint density at radius 3 is 2.65 bits per heavy atom. The first-order valence-electron chi connectivity index (χ1n) is 7.50. The molecule has 0 amide bonds. The molecule has 23 heavy (non-hydrogen) atoms. The van der Waals surface area contributed by atoms with Crippen LogP contribution >= 0.6 is 12.2 Å². The van der Waals surface area contributed by atoms with Gasteiger partial charge in [0.2, 0.25) is 0 Å². The van der Waals surface area contributed by atoms with E-state index in [1.807, 2.05) is 13.8 Å². The molecule has 4 nitrogen and oxygen atoms in total. The zero-order chi connectivity index (χ0) is 16.9. The monoisotopic (exact) mass is 343 g/mol. The second kappa shape index (κ2) is 5.43. The lowest BCUT2D eigenvalue weighted by Gasteiger charge is -2.19. The van der Waals surface area contributed by atoms with Crippen LogP contribution in [-0.4, -0.2) is 14.5 Å². The van der Waals surface area contributed by atoms with Crippen LogP contribution < -0.4 is 5.56 Å². The summed E-state index contributed by atoms with van der Waals surface area (Å²) in [6.07, 6.45) is -2.31. The van der Waals surface area contributed by atoms with E-state index in [4.69, 9.17) is 12.2 Å². The number of nitrogens with zero attached hydrogens (tertiary/aromatic N) is 2. The molecular weight excluding hydrogens is 327 g/mol. The molecule has 1 aliphatic rings. The predicted octanol–water partition coefficient (Wildman–Crippen LogP) is 4.32. The summed E-state index contributed by atoms with van der Waals surface area (Å²) in [6, 6.07) is 0.851. The van der Waals surface area contributed by atoms with Gasteiger partial charge in [-0.15, -0.1) is 0 Å². The second-order valence-electron chi connectivity index (χ2n) is 5.95. The number of hydrogen-bond donors (Lipinski definition) is 1. The third kappa shape index (κ3) is 2.80. The fraction of sp³-hybridized carbons (Fsp3) is 0.533. The molecule has 1 atom stereocenters. The van der Waals surface area contributed by atoms with E-state index in [1.54, 1.807) is 0 Å². The van der Waals surface area contributed by atoms with Gasteiger partial charge in [0, 0.05) is 17.7 Å². The Morgan fingerprint density at radius 1 is 1.48 bits per heavy atom. The van der Waals surface area contributed by atoms with Crippen LogP contribution in [0.25, 0.3) is 11.0 Å². The SMILES string of the molecule is CC[C@H](C)n1c(=S)[nH]c(=O)c2c(C(F)(F)F)cc(C3CC3)nc21. The van der Waals surface area contributed by atoms with E-state index in [2.05, 4.69) is 9.97 Å². The lowest BCUT2D eigenvalue weighted by atomic mass is 10.1. The largest absolute Gasteiger partial charge is 0.417 e. The van der Waals surface area contributed by atoms with Crippen LogP contribution in [-0.2, 0) is 6.18 Å². The van der Waals surface area contributed by atoms with Crippen molar-refractivity contribution in [3.63, 3.8) is 0 Å². The highest BCUT2D eigenvalue weighted by molar-refractivity contribution is 7.71. The van der Waals surface area contributed by atoms with Crippen molar-refractivity contribution in [3.05, 3.63) is 32.4 Å². The number of nitrogens with one attached hydrogen (secondary N) is 1. The number of aromatic amines is 1. The molecule has 2 aromatic heterocycles. The molecule has 0 spiro atoms. The Kier molecular flexibility index (Phi) is 3.82. The van der Waals surface area contributed by atoms with Gasteiger partial charge in [-0.2, -0.15) is 13.2 Å². The van der Waals surface area contributed by atoms with Crippen LogP contribution in [0.1, 0.15) is 56.3 Å². The maximum Gasteiger partial charge on any atom is 0.417 e.